The molecule has 0 bridgehead atoms. The molecule has 1 unspecified atom stereocenters. The van der Waals surface area contributed by atoms with Crippen LogP contribution in [0.4, 0.5) is 0 Å². The molecule has 3 rings (SSSR count). The van der Waals surface area contributed by atoms with E-state index in [1.165, 1.54) is 0 Å². The zero-order valence-electron chi connectivity index (χ0n) is 20.5. The lowest BCUT2D eigenvalue weighted by Gasteiger charge is -2.12. The number of carbonyl (C=O) groups is 2. The van der Waals surface area contributed by atoms with Gasteiger partial charge in [-0.2, -0.15) is 0 Å². The van der Waals surface area contributed by atoms with Gasteiger partial charge >= 0.3 is 0 Å². The second-order valence-corrected chi connectivity index (χ2v) is 8.33. The monoisotopic (exact) mass is 485 g/mol. The molecule has 1 amide bonds. The second-order valence-electron chi connectivity index (χ2n) is 8.33. The molecule has 2 N–H and O–H groups in total. The first-order valence-electron chi connectivity index (χ1n) is 11.9. The van der Waals surface area contributed by atoms with Crippen molar-refractivity contribution in [2.24, 2.45) is 0 Å². The molecule has 0 saturated heterocycles. The highest BCUT2D eigenvalue weighted by Gasteiger charge is 2.29. The minimum Gasteiger partial charge on any atom is -0.395 e. The SMILES string of the molecule is COCCOCCCC(=O)c1ccc2c(c1)C(CO)c1cc(C(=O)NCCOCCOC)ccc1-2. The number of rotatable bonds is 16. The maximum absolute atomic E-state index is 12.7. The molecule has 1 aliphatic rings. The lowest BCUT2D eigenvalue weighted by molar-refractivity contribution is 0.0670. The topological polar surface area (TPSA) is 103 Å². The standard InChI is InChI=1S/C27H35NO7/c1-32-12-14-34-10-3-4-26(30)19-5-7-21-22-8-6-20(17-24(22)25(18-29)23(21)16-19)27(31)28-9-11-35-15-13-33-2/h5-8,16-17,25,29H,3-4,9-15,18H2,1-2H3,(H,28,31). The van der Waals surface area contributed by atoms with E-state index in [2.05, 4.69) is 5.32 Å². The van der Waals surface area contributed by atoms with Crippen LogP contribution in [-0.2, 0) is 18.9 Å². The number of nitrogens with one attached hydrogen (secondary N) is 1. The average molecular weight is 486 g/mol. The van der Waals surface area contributed by atoms with Crippen LogP contribution in [0.15, 0.2) is 36.4 Å². The minimum atomic E-state index is -0.282. The van der Waals surface area contributed by atoms with Gasteiger partial charge in [0.25, 0.3) is 5.91 Å². The van der Waals surface area contributed by atoms with Crippen LogP contribution in [0.25, 0.3) is 11.1 Å². The summed E-state index contributed by atoms with van der Waals surface area (Å²) in [4.78, 5) is 25.3. The van der Waals surface area contributed by atoms with Crippen LogP contribution in [0.1, 0.15) is 50.6 Å². The molecule has 0 radical (unpaired) electrons. The summed E-state index contributed by atoms with van der Waals surface area (Å²) in [5, 5.41) is 13.0. The summed E-state index contributed by atoms with van der Waals surface area (Å²) in [7, 11) is 3.23. The first-order chi connectivity index (χ1) is 17.1. The minimum absolute atomic E-state index is 0.0450. The van der Waals surface area contributed by atoms with Crippen molar-refractivity contribution >= 4 is 11.7 Å². The summed E-state index contributed by atoms with van der Waals surface area (Å²) in [6.45, 7) is 3.24. The number of ketones is 1. The van der Waals surface area contributed by atoms with Crippen molar-refractivity contribution in [3.8, 4) is 11.1 Å². The Hall–Kier alpha value is -2.62. The van der Waals surface area contributed by atoms with Gasteiger partial charge in [-0.1, -0.05) is 18.2 Å². The zero-order valence-corrected chi connectivity index (χ0v) is 20.5. The Morgan fingerprint density at radius 2 is 1.43 bits per heavy atom. The van der Waals surface area contributed by atoms with Crippen LogP contribution in [0.3, 0.4) is 0 Å². The Morgan fingerprint density at radius 1 is 0.829 bits per heavy atom. The predicted molar refractivity (Wildman–Crippen MR) is 132 cm³/mol. The first-order valence-corrected chi connectivity index (χ1v) is 11.9. The third-order valence-corrected chi connectivity index (χ3v) is 6.00. The molecule has 0 fully saturated rings. The average Bonchev–Trinajstić information content (AvgIpc) is 3.19. The van der Waals surface area contributed by atoms with Gasteiger partial charge in [0.15, 0.2) is 5.78 Å². The molecule has 2 aromatic rings. The number of amides is 1. The van der Waals surface area contributed by atoms with Crippen molar-refractivity contribution in [3.63, 3.8) is 0 Å². The molecule has 190 valence electrons. The van der Waals surface area contributed by atoms with E-state index < -0.39 is 0 Å². The lowest BCUT2D eigenvalue weighted by atomic mass is 9.94. The van der Waals surface area contributed by atoms with Gasteiger partial charge in [-0.15, -0.1) is 0 Å². The van der Waals surface area contributed by atoms with Crippen molar-refractivity contribution in [2.45, 2.75) is 18.8 Å². The number of methoxy groups -OCH3 is 2. The summed E-state index contributed by atoms with van der Waals surface area (Å²) in [6.07, 6.45) is 1.03. The van der Waals surface area contributed by atoms with Gasteiger partial charge in [-0.05, 0) is 46.9 Å². The van der Waals surface area contributed by atoms with Crippen molar-refractivity contribution in [3.05, 3.63) is 58.7 Å². The summed E-state index contributed by atoms with van der Waals surface area (Å²) < 4.78 is 20.7. The van der Waals surface area contributed by atoms with Crippen molar-refractivity contribution in [1.29, 1.82) is 0 Å². The number of hydrogen-bond donors (Lipinski definition) is 2. The summed E-state index contributed by atoms with van der Waals surface area (Å²) >= 11 is 0. The molecule has 0 saturated carbocycles. The molecule has 2 aromatic carbocycles. The Balaban J connectivity index is 1.63. The van der Waals surface area contributed by atoms with Crippen molar-refractivity contribution in [2.75, 3.05) is 67.0 Å². The fraction of sp³-hybridized carbons (Fsp3) is 0.481. The third kappa shape index (κ3) is 7.19. The summed E-state index contributed by atoms with van der Waals surface area (Å²) in [5.41, 5.74) is 4.91. The predicted octanol–water partition coefficient (Wildman–Crippen LogP) is 2.81. The van der Waals surface area contributed by atoms with Gasteiger partial charge < -0.3 is 29.4 Å². The Bertz CT molecular complexity index is 914. The van der Waals surface area contributed by atoms with Gasteiger partial charge in [0.1, 0.15) is 0 Å². The molecular formula is C27H35NO7. The van der Waals surface area contributed by atoms with Crippen LogP contribution in [-0.4, -0.2) is 83.8 Å². The van der Waals surface area contributed by atoms with Crippen LogP contribution in [0, 0.1) is 0 Å². The van der Waals surface area contributed by atoms with E-state index in [0.717, 1.165) is 22.3 Å². The summed E-state index contributed by atoms with van der Waals surface area (Å²) in [5.74, 6) is -0.432. The molecule has 8 nitrogen and oxygen atoms in total. The quantitative estimate of drug-likeness (QED) is 0.278. The maximum Gasteiger partial charge on any atom is 0.251 e. The van der Waals surface area contributed by atoms with E-state index in [1.54, 1.807) is 20.3 Å². The number of aliphatic hydroxyl groups is 1. The molecule has 0 spiro atoms. The molecule has 1 atom stereocenters. The number of benzene rings is 2. The fourth-order valence-corrected chi connectivity index (χ4v) is 4.18. The molecule has 1 aliphatic carbocycles. The molecule has 35 heavy (non-hydrogen) atoms. The number of ether oxygens (including phenoxy) is 4. The van der Waals surface area contributed by atoms with Crippen LogP contribution >= 0.6 is 0 Å². The van der Waals surface area contributed by atoms with E-state index >= 15 is 0 Å². The van der Waals surface area contributed by atoms with Gasteiger partial charge in [0.05, 0.1) is 39.6 Å². The van der Waals surface area contributed by atoms with Crippen molar-refractivity contribution < 1.29 is 33.6 Å². The molecule has 0 heterocycles. The first kappa shape index (κ1) is 27.0. The van der Waals surface area contributed by atoms with Crippen LogP contribution in [0.5, 0.6) is 0 Å². The van der Waals surface area contributed by atoms with E-state index in [4.69, 9.17) is 18.9 Å². The fourth-order valence-electron chi connectivity index (χ4n) is 4.18. The molecular weight excluding hydrogens is 450 g/mol. The lowest BCUT2D eigenvalue weighted by Crippen LogP contribution is -2.27. The summed E-state index contributed by atoms with van der Waals surface area (Å²) in [6, 6.07) is 11.2. The van der Waals surface area contributed by atoms with Crippen molar-refractivity contribution in [1.82, 2.24) is 5.32 Å². The van der Waals surface area contributed by atoms with E-state index in [9.17, 15) is 14.7 Å². The number of aliphatic hydroxyl groups excluding tert-OH is 1. The highest BCUT2D eigenvalue weighted by Crippen LogP contribution is 2.45. The molecule has 0 aromatic heterocycles. The smallest absolute Gasteiger partial charge is 0.251 e. The number of Topliss-reactive ketones (excluding diaryl/α,β-unsaturated/α-hetero) is 1. The van der Waals surface area contributed by atoms with Gasteiger partial charge in [0.2, 0.25) is 0 Å². The number of fused-ring (bicyclic) bond motifs is 3. The second kappa shape index (κ2) is 14.1. The normalized spacial score (nSPS) is 14.0. The Kier molecular flexibility index (Phi) is 10.8. The van der Waals surface area contributed by atoms with E-state index in [-0.39, 0.29) is 24.2 Å². The molecule has 0 aliphatic heterocycles. The zero-order chi connectivity index (χ0) is 25.0. The van der Waals surface area contributed by atoms with Crippen LogP contribution < -0.4 is 5.32 Å². The number of hydrogen-bond acceptors (Lipinski definition) is 7. The van der Waals surface area contributed by atoms with Crippen LogP contribution in [0.2, 0.25) is 0 Å². The van der Waals surface area contributed by atoms with Gasteiger partial charge in [0, 0.05) is 50.8 Å². The van der Waals surface area contributed by atoms with E-state index in [0.29, 0.717) is 70.2 Å². The van der Waals surface area contributed by atoms with Gasteiger partial charge in [-0.25, -0.2) is 0 Å². The third-order valence-electron chi connectivity index (χ3n) is 6.00. The highest BCUT2D eigenvalue weighted by atomic mass is 16.5. The molecule has 8 heteroatoms. The largest absolute Gasteiger partial charge is 0.395 e. The van der Waals surface area contributed by atoms with E-state index in [1.807, 2.05) is 30.3 Å². The Labute approximate surface area is 206 Å². The number of carbonyl (C=O) groups excluding carboxylic acids is 2. The maximum atomic E-state index is 12.7. The highest BCUT2D eigenvalue weighted by molar-refractivity contribution is 5.98. The Morgan fingerprint density at radius 3 is 2.06 bits per heavy atom. The van der Waals surface area contributed by atoms with Gasteiger partial charge in [-0.3, -0.25) is 9.59 Å².